The molecule has 1 N–H and O–H groups in total. The molecule has 170 valence electrons. The first-order valence-electron chi connectivity index (χ1n) is 10.7. The second kappa shape index (κ2) is 9.78. The maximum absolute atomic E-state index is 12.6. The van der Waals surface area contributed by atoms with Crippen LogP contribution in [0.4, 0.5) is 5.69 Å². The Kier molecular flexibility index (Phi) is 7.32. The van der Waals surface area contributed by atoms with Crippen molar-refractivity contribution in [2.75, 3.05) is 24.7 Å². The lowest BCUT2D eigenvalue weighted by molar-refractivity contribution is -0.117. The van der Waals surface area contributed by atoms with Crippen LogP contribution in [0.3, 0.4) is 0 Å². The summed E-state index contributed by atoms with van der Waals surface area (Å²) in [7, 11) is -1.69. The molecule has 0 bridgehead atoms. The van der Waals surface area contributed by atoms with E-state index in [0.717, 1.165) is 30.4 Å². The van der Waals surface area contributed by atoms with Crippen molar-refractivity contribution in [3.63, 3.8) is 0 Å². The van der Waals surface area contributed by atoms with Crippen LogP contribution < -0.4 is 11.0 Å². The van der Waals surface area contributed by atoms with Crippen LogP contribution in [0.2, 0.25) is 0 Å². The summed E-state index contributed by atoms with van der Waals surface area (Å²) >= 11 is 0. The minimum absolute atomic E-state index is 0.179. The van der Waals surface area contributed by atoms with Crippen LogP contribution in [0.1, 0.15) is 49.9 Å². The molecule has 1 atom stereocenters. The summed E-state index contributed by atoms with van der Waals surface area (Å²) in [6.45, 7) is 2.71. The molecule has 10 heteroatoms. The van der Waals surface area contributed by atoms with Crippen molar-refractivity contribution in [1.29, 1.82) is 0 Å². The molecular formula is C21H31N5O4S. The van der Waals surface area contributed by atoms with Crippen LogP contribution >= 0.6 is 0 Å². The van der Waals surface area contributed by atoms with E-state index in [1.807, 2.05) is 24.3 Å². The van der Waals surface area contributed by atoms with Gasteiger partial charge in [-0.3, -0.25) is 9.36 Å². The maximum Gasteiger partial charge on any atom is 0.346 e. The predicted octanol–water partition coefficient (Wildman–Crippen LogP) is 1.70. The summed E-state index contributed by atoms with van der Waals surface area (Å²) in [5.74, 6) is -0.0120. The van der Waals surface area contributed by atoms with Gasteiger partial charge in [-0.2, -0.15) is 5.10 Å². The molecule has 3 rings (SSSR count). The molecule has 1 aromatic carbocycles. The fourth-order valence-corrected chi connectivity index (χ4v) is 4.80. The molecule has 1 aromatic heterocycles. The van der Waals surface area contributed by atoms with E-state index in [9.17, 15) is 18.0 Å². The summed E-state index contributed by atoms with van der Waals surface area (Å²) < 4.78 is 27.7. The van der Waals surface area contributed by atoms with Crippen LogP contribution in [-0.4, -0.2) is 52.3 Å². The van der Waals surface area contributed by atoms with Gasteiger partial charge in [0, 0.05) is 31.7 Å². The van der Waals surface area contributed by atoms with Crippen molar-refractivity contribution in [1.82, 2.24) is 18.7 Å². The first-order chi connectivity index (χ1) is 14.7. The van der Waals surface area contributed by atoms with Crippen molar-refractivity contribution in [3.05, 3.63) is 46.1 Å². The Labute approximate surface area is 183 Å². The number of unbranched alkanes of at least 4 members (excludes halogenated alkanes) is 1. The second-order valence-electron chi connectivity index (χ2n) is 8.17. The number of carbonyl (C=O) groups is 1. The normalized spacial score (nSPS) is 17.6. The van der Waals surface area contributed by atoms with Crippen molar-refractivity contribution >= 4 is 21.6 Å². The first kappa shape index (κ1) is 23.2. The summed E-state index contributed by atoms with van der Waals surface area (Å²) in [5.41, 5.74) is 1.50. The number of amides is 1. The molecule has 1 fully saturated rings. The van der Waals surface area contributed by atoms with Gasteiger partial charge in [0.1, 0.15) is 12.4 Å². The summed E-state index contributed by atoms with van der Waals surface area (Å²) in [6, 6.07) is 7.70. The number of carbonyl (C=O) groups excluding carboxylic acids is 1. The first-order valence-corrected chi connectivity index (χ1v) is 12.5. The fraction of sp³-hybridized carbons (Fsp3) is 0.571. The second-order valence-corrected chi connectivity index (χ2v) is 10.1. The van der Waals surface area contributed by atoms with Gasteiger partial charge in [0.05, 0.1) is 6.26 Å². The number of hydrogen-bond donors (Lipinski definition) is 1. The Morgan fingerprint density at radius 2 is 1.97 bits per heavy atom. The van der Waals surface area contributed by atoms with Gasteiger partial charge in [-0.15, -0.1) is 0 Å². The molecular weight excluding hydrogens is 418 g/mol. The van der Waals surface area contributed by atoms with Gasteiger partial charge < -0.3 is 5.32 Å². The van der Waals surface area contributed by atoms with Crippen LogP contribution in [-0.2, 0) is 34.8 Å². The zero-order valence-electron chi connectivity index (χ0n) is 18.4. The molecule has 1 aliphatic heterocycles. The van der Waals surface area contributed by atoms with Gasteiger partial charge >= 0.3 is 5.69 Å². The van der Waals surface area contributed by atoms with E-state index in [1.54, 1.807) is 7.05 Å². The topological polar surface area (TPSA) is 106 Å². The number of piperidine rings is 1. The summed E-state index contributed by atoms with van der Waals surface area (Å²) in [5, 5.41) is 7.16. The molecule has 9 nitrogen and oxygen atoms in total. The number of benzene rings is 1. The third-order valence-corrected chi connectivity index (χ3v) is 6.91. The molecule has 0 unspecified atom stereocenters. The van der Waals surface area contributed by atoms with E-state index < -0.39 is 15.7 Å². The molecule has 0 saturated carbocycles. The number of hydrogen-bond acceptors (Lipinski definition) is 5. The van der Waals surface area contributed by atoms with Crippen molar-refractivity contribution in [2.45, 2.75) is 51.5 Å². The van der Waals surface area contributed by atoms with Crippen molar-refractivity contribution < 1.29 is 13.2 Å². The number of sulfonamides is 1. The standard InChI is InChI=1S/C21H31N5O4S/c1-4-5-7-16-9-11-18(12-10-16)22-19(27)15-26-21(28)24(2)20(23-26)17-8-6-13-25(14-17)31(3,29)30/h9-12,17H,4-8,13-15H2,1-3H3,(H,22,27)/t17-/m1/s1. The average molecular weight is 450 g/mol. The SMILES string of the molecule is CCCCc1ccc(NC(=O)Cn2nc([C@@H]3CCCN(S(C)(=O)=O)C3)n(C)c2=O)cc1. The van der Waals surface area contributed by atoms with E-state index in [-0.39, 0.29) is 18.4 Å². The third-order valence-electron chi connectivity index (χ3n) is 5.64. The minimum atomic E-state index is -3.30. The Morgan fingerprint density at radius 1 is 1.26 bits per heavy atom. The fourth-order valence-electron chi connectivity index (χ4n) is 3.89. The number of aryl methyl sites for hydroxylation is 1. The van der Waals surface area contributed by atoms with Gasteiger partial charge in [-0.1, -0.05) is 25.5 Å². The number of nitrogens with one attached hydrogen (secondary N) is 1. The van der Waals surface area contributed by atoms with Crippen LogP contribution in [0.15, 0.2) is 29.1 Å². The molecule has 2 aromatic rings. The van der Waals surface area contributed by atoms with Gasteiger partial charge in [0.2, 0.25) is 15.9 Å². The highest BCUT2D eigenvalue weighted by atomic mass is 32.2. The van der Waals surface area contributed by atoms with Crippen LogP contribution in [0.25, 0.3) is 0 Å². The molecule has 1 aliphatic rings. The van der Waals surface area contributed by atoms with E-state index in [1.165, 1.54) is 20.7 Å². The predicted molar refractivity (Wildman–Crippen MR) is 120 cm³/mol. The zero-order chi connectivity index (χ0) is 22.6. The molecule has 1 amide bonds. The van der Waals surface area contributed by atoms with Crippen LogP contribution in [0, 0.1) is 0 Å². The number of aromatic nitrogens is 3. The lowest BCUT2D eigenvalue weighted by atomic mass is 9.99. The Balaban J connectivity index is 1.67. The van der Waals surface area contributed by atoms with Gasteiger partial charge in [0.25, 0.3) is 0 Å². The summed E-state index contributed by atoms with van der Waals surface area (Å²) in [4.78, 5) is 25.1. The summed E-state index contributed by atoms with van der Waals surface area (Å²) in [6.07, 6.45) is 5.90. The molecule has 2 heterocycles. The third kappa shape index (κ3) is 5.82. The lowest BCUT2D eigenvalue weighted by Crippen LogP contribution is -2.39. The monoisotopic (exact) mass is 449 g/mol. The highest BCUT2D eigenvalue weighted by Crippen LogP contribution is 2.26. The average Bonchev–Trinajstić information content (AvgIpc) is 3.01. The molecule has 0 radical (unpaired) electrons. The highest BCUT2D eigenvalue weighted by molar-refractivity contribution is 7.88. The van der Waals surface area contributed by atoms with E-state index in [4.69, 9.17) is 0 Å². The van der Waals surface area contributed by atoms with Gasteiger partial charge in [-0.25, -0.2) is 22.2 Å². The van der Waals surface area contributed by atoms with E-state index >= 15 is 0 Å². The van der Waals surface area contributed by atoms with Crippen LogP contribution in [0.5, 0.6) is 0 Å². The Morgan fingerprint density at radius 3 is 2.61 bits per heavy atom. The Bertz CT molecular complexity index is 1070. The number of nitrogens with zero attached hydrogens (tertiary/aromatic N) is 4. The largest absolute Gasteiger partial charge is 0.346 e. The van der Waals surface area contributed by atoms with Gasteiger partial charge in [-0.05, 0) is 43.4 Å². The minimum Gasteiger partial charge on any atom is -0.324 e. The molecule has 1 saturated heterocycles. The maximum atomic E-state index is 12.6. The Hall–Kier alpha value is -2.46. The number of rotatable bonds is 8. The smallest absolute Gasteiger partial charge is 0.324 e. The molecule has 31 heavy (non-hydrogen) atoms. The lowest BCUT2D eigenvalue weighted by Gasteiger charge is -2.30. The molecule has 0 spiro atoms. The van der Waals surface area contributed by atoms with Crippen molar-refractivity contribution in [2.24, 2.45) is 7.05 Å². The number of anilines is 1. The van der Waals surface area contributed by atoms with E-state index in [0.29, 0.717) is 31.0 Å². The highest BCUT2D eigenvalue weighted by Gasteiger charge is 2.30. The van der Waals surface area contributed by atoms with Gasteiger partial charge in [0.15, 0.2) is 0 Å². The molecule has 0 aliphatic carbocycles. The van der Waals surface area contributed by atoms with Crippen molar-refractivity contribution in [3.8, 4) is 0 Å². The zero-order valence-corrected chi connectivity index (χ0v) is 19.2. The van der Waals surface area contributed by atoms with E-state index in [2.05, 4.69) is 17.3 Å². The quantitative estimate of drug-likeness (QED) is 0.660.